The SMILES string of the molecule is CCCCCCCCc1cc(/C=C2\SC(=S)N(CC)C2=O)sc1-c1ccc(-c2sc(-c3ccc4c(c3)sc3c5ccc(-c6cc(CCCCCCCC)c(-c7ccc(-c8sc(/C=C9\SC(=S)N(CC)C9=O)cc8CCCCCCCC)s7)s6)cc5sc43)cc2CCCCCCCC)s1. The van der Waals surface area contributed by atoms with E-state index in [0.29, 0.717) is 21.7 Å². The van der Waals surface area contributed by atoms with E-state index < -0.39 is 0 Å². The van der Waals surface area contributed by atoms with E-state index in [4.69, 9.17) is 24.4 Å². The van der Waals surface area contributed by atoms with Gasteiger partial charge in [0.15, 0.2) is 0 Å². The average molecular weight is 1520 g/mol. The zero-order valence-electron chi connectivity index (χ0n) is 58.1. The number of carbonyl (C=O) groups excluding carboxylic acids is 2. The van der Waals surface area contributed by atoms with Gasteiger partial charge < -0.3 is 0 Å². The molecule has 2 saturated heterocycles. The molecule has 2 amide bonds. The van der Waals surface area contributed by atoms with Crippen LogP contribution < -0.4 is 0 Å². The highest BCUT2D eigenvalue weighted by Gasteiger charge is 2.33. The number of thioether (sulfide) groups is 2. The Labute approximate surface area is 634 Å². The van der Waals surface area contributed by atoms with Crippen molar-refractivity contribution in [3.8, 4) is 59.9 Å². The summed E-state index contributed by atoms with van der Waals surface area (Å²) in [5, 5.41) is 2.73. The van der Waals surface area contributed by atoms with Crippen LogP contribution in [0.3, 0.4) is 0 Å². The molecular formula is C82H94N2O2S12. The van der Waals surface area contributed by atoms with Gasteiger partial charge in [0.25, 0.3) is 11.8 Å². The molecule has 10 heterocycles. The van der Waals surface area contributed by atoms with Gasteiger partial charge in [-0.05, 0) is 171 Å². The molecule has 2 aliphatic heterocycles. The number of unbranched alkanes of at least 4 members (excludes halogenated alkanes) is 20. The summed E-state index contributed by atoms with van der Waals surface area (Å²) in [6.07, 6.45) is 39.1. The third-order valence-corrected chi connectivity index (χ3v) is 32.0. The summed E-state index contributed by atoms with van der Waals surface area (Å²) >= 11 is 29.6. The lowest BCUT2D eigenvalue weighted by Gasteiger charge is -2.09. The molecule has 2 aliphatic rings. The lowest BCUT2D eigenvalue weighted by molar-refractivity contribution is -0.122. The molecule has 0 radical (unpaired) electrons. The smallest absolute Gasteiger partial charge is 0.266 e. The summed E-state index contributed by atoms with van der Waals surface area (Å²) < 4.78 is 6.85. The Hall–Kier alpha value is -3.88. The number of hydrogen-bond donors (Lipinski definition) is 0. The summed E-state index contributed by atoms with van der Waals surface area (Å²) in [6, 6.07) is 34.0. The van der Waals surface area contributed by atoms with Crippen molar-refractivity contribution in [1.29, 1.82) is 0 Å². The van der Waals surface area contributed by atoms with Crippen molar-refractivity contribution in [2.24, 2.45) is 0 Å². The second-order valence-electron chi connectivity index (χ2n) is 26.5. The van der Waals surface area contributed by atoms with Crippen molar-refractivity contribution in [2.75, 3.05) is 13.1 Å². The highest BCUT2D eigenvalue weighted by atomic mass is 32.2. The molecule has 0 spiro atoms. The fraction of sp³-hybridized carbons (Fsp3) is 0.439. The molecule has 0 unspecified atom stereocenters. The maximum atomic E-state index is 13.4. The molecule has 516 valence electrons. The summed E-state index contributed by atoms with van der Waals surface area (Å²) in [4.78, 5) is 47.6. The first-order valence-corrected chi connectivity index (χ1v) is 45.6. The van der Waals surface area contributed by atoms with Crippen molar-refractivity contribution >= 4 is 201 Å². The summed E-state index contributed by atoms with van der Waals surface area (Å²) in [6.45, 7) is 14.4. The Morgan fingerprint density at radius 3 is 0.980 bits per heavy atom. The van der Waals surface area contributed by atoms with Crippen molar-refractivity contribution in [2.45, 2.75) is 221 Å². The van der Waals surface area contributed by atoms with Crippen molar-refractivity contribution in [1.82, 2.24) is 9.80 Å². The first kappa shape index (κ1) is 73.9. The maximum Gasteiger partial charge on any atom is 0.266 e. The van der Waals surface area contributed by atoms with Gasteiger partial charge in [-0.3, -0.25) is 19.4 Å². The third-order valence-electron chi connectivity index (χ3n) is 19.2. The van der Waals surface area contributed by atoms with E-state index in [9.17, 15) is 9.59 Å². The van der Waals surface area contributed by atoms with Crippen molar-refractivity contribution < 1.29 is 9.59 Å². The Morgan fingerprint density at radius 2 is 0.653 bits per heavy atom. The number of thiophene rings is 8. The van der Waals surface area contributed by atoms with E-state index in [1.54, 1.807) is 9.80 Å². The minimum Gasteiger partial charge on any atom is -0.293 e. The Morgan fingerprint density at radius 1 is 0.337 bits per heavy atom. The number of aryl methyl sites for hydroxylation is 4. The summed E-state index contributed by atoms with van der Waals surface area (Å²) in [5.74, 6) is 0.0623. The standard InChI is InChI=1S/C82H94N2O2S12/c1-7-13-17-21-25-29-33-55-45-59(51-71-79(85)83(11-5)81(87)97-71)89-73(55)63-41-43-65(91-63)75-57(35-31-27-23-19-15-9-3)49-67(93-75)53-37-39-61-69(47-53)95-78-62-40-38-54(48-70(62)96-77(61)78)68-50-58(36-32-28-24-20-16-10-4)76(94-68)66-44-42-64(92-66)74-56(34-30-26-22-18-14-8-2)46-60(90-74)52-72-80(86)84(12-6)82(88)98-72/h37-52H,7-36H2,1-6H3/b71-51-,72-52-. The molecule has 0 aliphatic carbocycles. The van der Waals surface area contributed by atoms with Crippen LogP contribution in [-0.2, 0) is 35.3 Å². The Bertz CT molecular complexity index is 4180. The van der Waals surface area contributed by atoms with Crippen molar-refractivity contribution in [3.63, 3.8) is 0 Å². The van der Waals surface area contributed by atoms with E-state index >= 15 is 0 Å². The lowest BCUT2D eigenvalue weighted by Crippen LogP contribution is -2.27. The predicted octanol–water partition coefficient (Wildman–Crippen LogP) is 29.7. The van der Waals surface area contributed by atoms with Crippen LogP contribution in [0.5, 0.6) is 0 Å². The fourth-order valence-electron chi connectivity index (χ4n) is 13.7. The number of carbonyl (C=O) groups is 2. The number of nitrogens with zero attached hydrogens (tertiary/aromatic N) is 2. The monoisotopic (exact) mass is 1520 g/mol. The highest BCUT2D eigenvalue weighted by Crippen LogP contribution is 2.52. The second-order valence-corrected chi connectivity index (χ2v) is 38.4. The van der Waals surface area contributed by atoms with Crippen LogP contribution in [-0.4, -0.2) is 43.3 Å². The van der Waals surface area contributed by atoms with E-state index in [0.717, 1.165) is 45.2 Å². The molecule has 10 aromatic rings. The molecule has 0 atom stereocenters. The number of amides is 2. The van der Waals surface area contributed by atoms with E-state index in [2.05, 4.69) is 125 Å². The van der Waals surface area contributed by atoms with Crippen LogP contribution in [0.4, 0.5) is 0 Å². The molecule has 0 bridgehead atoms. The molecule has 0 N–H and O–H groups in total. The predicted molar refractivity (Wildman–Crippen MR) is 454 cm³/mol. The topological polar surface area (TPSA) is 40.6 Å². The van der Waals surface area contributed by atoms with Crippen LogP contribution in [0.25, 0.3) is 102 Å². The van der Waals surface area contributed by atoms with E-state index in [1.165, 1.54) is 289 Å². The summed E-state index contributed by atoms with van der Waals surface area (Å²) in [5.41, 5.74) is 8.40. The van der Waals surface area contributed by atoms with Crippen LogP contribution in [0.2, 0.25) is 0 Å². The number of benzene rings is 2. The number of fused-ring (bicyclic) bond motifs is 5. The van der Waals surface area contributed by atoms with Gasteiger partial charge >= 0.3 is 0 Å². The molecule has 2 aromatic carbocycles. The highest BCUT2D eigenvalue weighted by molar-refractivity contribution is 8.27. The van der Waals surface area contributed by atoms with Gasteiger partial charge in [-0.1, -0.05) is 228 Å². The number of likely N-dealkylation sites (N-methyl/N-ethyl adjacent to an activating group) is 2. The average Bonchev–Trinajstić information content (AvgIpc) is 1.59. The normalized spacial score (nSPS) is 14.6. The van der Waals surface area contributed by atoms with Gasteiger partial charge in [-0.2, -0.15) is 0 Å². The van der Waals surface area contributed by atoms with Crippen molar-refractivity contribution in [3.05, 3.63) is 127 Å². The maximum absolute atomic E-state index is 13.4. The number of hydrogen-bond acceptors (Lipinski definition) is 14. The minimum absolute atomic E-state index is 0.0311. The van der Waals surface area contributed by atoms with Crippen LogP contribution in [0.1, 0.15) is 228 Å². The van der Waals surface area contributed by atoms with Crippen LogP contribution in [0, 0.1) is 0 Å². The zero-order valence-corrected chi connectivity index (χ0v) is 67.9. The molecule has 4 nitrogen and oxygen atoms in total. The van der Waals surface area contributed by atoms with Gasteiger partial charge in [-0.25, -0.2) is 0 Å². The lowest BCUT2D eigenvalue weighted by atomic mass is 10.0. The van der Waals surface area contributed by atoms with E-state index in [-0.39, 0.29) is 11.8 Å². The first-order chi connectivity index (χ1) is 48.0. The molecule has 12 rings (SSSR count). The Kier molecular flexibility index (Phi) is 27.1. The van der Waals surface area contributed by atoms with Gasteiger partial charge in [0.1, 0.15) is 8.64 Å². The van der Waals surface area contributed by atoms with Gasteiger partial charge in [-0.15, -0.1) is 90.7 Å². The van der Waals surface area contributed by atoms with Gasteiger partial charge in [0.2, 0.25) is 0 Å². The summed E-state index contributed by atoms with van der Waals surface area (Å²) in [7, 11) is 0. The molecule has 2 fully saturated rings. The Balaban J connectivity index is 0.821. The largest absolute Gasteiger partial charge is 0.293 e. The third kappa shape index (κ3) is 17.7. The second kappa shape index (κ2) is 36.0. The number of rotatable bonds is 38. The van der Waals surface area contributed by atoms with Gasteiger partial charge in [0, 0.05) is 91.8 Å². The van der Waals surface area contributed by atoms with Gasteiger partial charge in [0.05, 0.1) is 19.2 Å². The first-order valence-electron chi connectivity index (χ1n) is 36.6. The molecule has 0 saturated carbocycles. The quantitative estimate of drug-likeness (QED) is 0.0218. The fourth-order valence-corrected chi connectivity index (χ4v) is 26.6. The van der Waals surface area contributed by atoms with Crippen LogP contribution >= 0.6 is 139 Å². The zero-order chi connectivity index (χ0) is 68.1. The molecular weight excluding hydrogens is 1430 g/mol. The number of thiocarbonyl (C=S) groups is 2. The van der Waals surface area contributed by atoms with E-state index in [1.807, 2.05) is 105 Å². The molecule has 16 heteroatoms. The van der Waals surface area contributed by atoms with Crippen LogP contribution in [0.15, 0.2) is 94.7 Å². The molecule has 8 aromatic heterocycles. The minimum atomic E-state index is 0.0311. The molecule has 98 heavy (non-hydrogen) atoms.